The molecule has 11 heteroatoms. The summed E-state index contributed by atoms with van der Waals surface area (Å²) in [7, 11) is 1.37. The highest BCUT2D eigenvalue weighted by Gasteiger charge is 2.27. The first kappa shape index (κ1) is 21.3. The molecule has 0 radical (unpaired) electrons. The number of carbonyl (C=O) groups excluding carboxylic acids is 2. The van der Waals surface area contributed by atoms with Crippen LogP contribution >= 0.6 is 23.2 Å². The number of nitrogens with zero attached hydrogens (tertiary/aromatic N) is 2. The first-order valence-electron chi connectivity index (χ1n) is 8.22. The molecule has 0 spiro atoms. The second-order valence-corrected chi connectivity index (χ2v) is 6.70. The van der Waals surface area contributed by atoms with Crippen molar-refractivity contribution in [3.05, 3.63) is 67.3 Å². The lowest BCUT2D eigenvalue weighted by Gasteiger charge is -2.10. The number of benzene rings is 2. The molecule has 0 amide bonds. The Balaban J connectivity index is 1.97. The summed E-state index contributed by atoms with van der Waals surface area (Å²) in [5, 5.41) is 10.9. The fourth-order valence-corrected chi connectivity index (χ4v) is 3.05. The summed E-state index contributed by atoms with van der Waals surface area (Å²) in [6, 6.07) is 6.64. The number of esters is 2. The van der Waals surface area contributed by atoms with Crippen LogP contribution in [0.5, 0.6) is 11.5 Å². The highest BCUT2D eigenvalue weighted by atomic mass is 35.5. The van der Waals surface area contributed by atoms with Crippen LogP contribution in [0.25, 0.3) is 6.08 Å². The number of hydrogen-bond donors (Lipinski definition) is 0. The van der Waals surface area contributed by atoms with E-state index < -0.39 is 16.9 Å². The summed E-state index contributed by atoms with van der Waals surface area (Å²) in [5.74, 6) is -1.20. The van der Waals surface area contributed by atoms with E-state index in [2.05, 4.69) is 4.99 Å². The van der Waals surface area contributed by atoms with Gasteiger partial charge in [0.25, 0.3) is 5.69 Å². The third-order valence-corrected chi connectivity index (χ3v) is 4.41. The second kappa shape index (κ2) is 8.52. The van der Waals surface area contributed by atoms with Gasteiger partial charge in [0.05, 0.1) is 27.6 Å². The van der Waals surface area contributed by atoms with Crippen molar-refractivity contribution in [1.29, 1.82) is 0 Å². The van der Waals surface area contributed by atoms with Gasteiger partial charge < -0.3 is 14.2 Å². The maximum Gasteiger partial charge on any atom is 0.363 e. The molecule has 154 valence electrons. The summed E-state index contributed by atoms with van der Waals surface area (Å²) in [5.41, 5.74) is 0.385. The van der Waals surface area contributed by atoms with E-state index in [4.69, 9.17) is 37.4 Å². The lowest BCUT2D eigenvalue weighted by molar-refractivity contribution is -0.384. The van der Waals surface area contributed by atoms with E-state index >= 15 is 0 Å². The number of rotatable bonds is 5. The van der Waals surface area contributed by atoms with Crippen LogP contribution in [0.4, 0.5) is 5.69 Å². The standard InChI is InChI=1S/C19H12Cl2N2O7/c1-9(24)29-17-14(21)5-10(7-16(17)28-2)6-15-19(25)30-18(22-15)12-4-3-11(23(26)27)8-13(12)20/h3-8H,1-2H3/b15-6-. The highest BCUT2D eigenvalue weighted by molar-refractivity contribution is 6.35. The summed E-state index contributed by atoms with van der Waals surface area (Å²) in [6.45, 7) is 1.22. The van der Waals surface area contributed by atoms with Crippen LogP contribution in [0.3, 0.4) is 0 Å². The van der Waals surface area contributed by atoms with E-state index in [0.29, 0.717) is 5.56 Å². The molecule has 3 rings (SSSR count). The van der Waals surface area contributed by atoms with Crippen molar-refractivity contribution in [2.24, 2.45) is 4.99 Å². The molecule has 1 heterocycles. The SMILES string of the molecule is COc1cc(/C=C2\N=C(c3ccc([N+](=O)[O-])cc3Cl)OC2=O)cc(Cl)c1OC(C)=O. The topological polar surface area (TPSA) is 117 Å². The minimum atomic E-state index is -0.751. The molecule has 9 nitrogen and oxygen atoms in total. The predicted molar refractivity (Wildman–Crippen MR) is 108 cm³/mol. The van der Waals surface area contributed by atoms with Crippen molar-refractivity contribution in [3.8, 4) is 11.5 Å². The van der Waals surface area contributed by atoms with Crippen molar-refractivity contribution in [2.45, 2.75) is 6.92 Å². The van der Waals surface area contributed by atoms with E-state index in [1.807, 2.05) is 0 Å². The molecule has 1 aliphatic rings. The molecule has 0 bridgehead atoms. The van der Waals surface area contributed by atoms with Crippen LogP contribution in [0.15, 0.2) is 41.0 Å². The maximum absolute atomic E-state index is 12.2. The second-order valence-electron chi connectivity index (χ2n) is 5.89. The monoisotopic (exact) mass is 450 g/mol. The zero-order valence-corrected chi connectivity index (χ0v) is 17.0. The van der Waals surface area contributed by atoms with E-state index in [-0.39, 0.29) is 44.4 Å². The van der Waals surface area contributed by atoms with Gasteiger partial charge in [-0.25, -0.2) is 9.79 Å². The minimum absolute atomic E-state index is 0.00690. The lowest BCUT2D eigenvalue weighted by atomic mass is 10.1. The van der Waals surface area contributed by atoms with Gasteiger partial charge in [0.2, 0.25) is 5.90 Å². The first-order chi connectivity index (χ1) is 14.2. The number of carbonyl (C=O) groups is 2. The van der Waals surface area contributed by atoms with Crippen molar-refractivity contribution < 1.29 is 28.7 Å². The van der Waals surface area contributed by atoms with Crippen LogP contribution in [0.1, 0.15) is 18.1 Å². The highest BCUT2D eigenvalue weighted by Crippen LogP contribution is 2.37. The van der Waals surface area contributed by atoms with Gasteiger partial charge >= 0.3 is 11.9 Å². The quantitative estimate of drug-likeness (QED) is 0.220. The summed E-state index contributed by atoms with van der Waals surface area (Å²) < 4.78 is 15.3. The third kappa shape index (κ3) is 4.42. The molecule has 1 aliphatic heterocycles. The van der Waals surface area contributed by atoms with E-state index in [0.717, 1.165) is 6.07 Å². The van der Waals surface area contributed by atoms with Gasteiger partial charge in [0.15, 0.2) is 17.2 Å². The van der Waals surface area contributed by atoms with Gasteiger partial charge in [-0.05, 0) is 29.8 Å². The van der Waals surface area contributed by atoms with Gasteiger partial charge in [-0.2, -0.15) is 0 Å². The molecule has 0 saturated carbocycles. The van der Waals surface area contributed by atoms with Crippen molar-refractivity contribution in [1.82, 2.24) is 0 Å². The lowest BCUT2D eigenvalue weighted by Crippen LogP contribution is -2.06. The molecule has 0 aromatic heterocycles. The Kier molecular flexibility index (Phi) is 6.04. The van der Waals surface area contributed by atoms with Crippen LogP contribution in [0, 0.1) is 10.1 Å². The number of cyclic esters (lactones) is 1. The molecule has 0 saturated heterocycles. The Hall–Kier alpha value is -3.43. The molecule has 0 aliphatic carbocycles. The zero-order chi connectivity index (χ0) is 22.0. The summed E-state index contributed by atoms with van der Waals surface area (Å²) in [6.07, 6.45) is 1.39. The van der Waals surface area contributed by atoms with Gasteiger partial charge in [-0.3, -0.25) is 14.9 Å². The molecular weight excluding hydrogens is 439 g/mol. The fraction of sp³-hybridized carbons (Fsp3) is 0.105. The number of nitro benzene ring substituents is 1. The molecule has 0 atom stereocenters. The van der Waals surface area contributed by atoms with Crippen molar-refractivity contribution in [2.75, 3.05) is 7.11 Å². The van der Waals surface area contributed by atoms with E-state index in [1.165, 1.54) is 44.4 Å². The summed E-state index contributed by atoms with van der Waals surface area (Å²) in [4.78, 5) is 37.8. The normalized spacial score (nSPS) is 14.3. The molecule has 30 heavy (non-hydrogen) atoms. The zero-order valence-electron chi connectivity index (χ0n) is 15.5. The maximum atomic E-state index is 12.2. The molecular formula is C19H12Cl2N2O7. The minimum Gasteiger partial charge on any atom is -0.493 e. The van der Waals surface area contributed by atoms with Crippen LogP contribution in [-0.4, -0.2) is 29.9 Å². The van der Waals surface area contributed by atoms with Crippen LogP contribution < -0.4 is 9.47 Å². The van der Waals surface area contributed by atoms with Gasteiger partial charge in [-0.1, -0.05) is 23.2 Å². The Bertz CT molecular complexity index is 1140. The number of aliphatic imine (C=N–C) groups is 1. The fourth-order valence-electron chi connectivity index (χ4n) is 2.54. The largest absolute Gasteiger partial charge is 0.493 e. The number of methoxy groups -OCH3 is 1. The Morgan fingerprint density at radius 1 is 1.23 bits per heavy atom. The average molecular weight is 451 g/mol. The van der Waals surface area contributed by atoms with E-state index in [9.17, 15) is 19.7 Å². The first-order valence-corrected chi connectivity index (χ1v) is 8.98. The number of hydrogen-bond acceptors (Lipinski definition) is 8. The summed E-state index contributed by atoms with van der Waals surface area (Å²) >= 11 is 12.2. The Morgan fingerprint density at radius 2 is 1.97 bits per heavy atom. The van der Waals surface area contributed by atoms with Crippen molar-refractivity contribution in [3.63, 3.8) is 0 Å². The Morgan fingerprint density at radius 3 is 2.57 bits per heavy atom. The van der Waals surface area contributed by atoms with Crippen molar-refractivity contribution >= 4 is 52.8 Å². The number of halogens is 2. The van der Waals surface area contributed by atoms with E-state index in [1.54, 1.807) is 0 Å². The third-order valence-electron chi connectivity index (χ3n) is 3.82. The molecule has 2 aromatic carbocycles. The average Bonchev–Trinajstić information content (AvgIpc) is 3.03. The van der Waals surface area contributed by atoms with Gasteiger partial charge in [-0.15, -0.1) is 0 Å². The molecule has 0 fully saturated rings. The van der Waals surface area contributed by atoms with Crippen LogP contribution in [-0.2, 0) is 14.3 Å². The number of ether oxygens (including phenoxy) is 3. The predicted octanol–water partition coefficient (Wildman–Crippen LogP) is 4.18. The molecule has 0 unspecified atom stereocenters. The van der Waals surface area contributed by atoms with Gasteiger partial charge in [0.1, 0.15) is 0 Å². The smallest absolute Gasteiger partial charge is 0.363 e. The molecule has 0 N–H and O–H groups in total. The number of nitro groups is 1. The molecule has 2 aromatic rings. The number of non-ortho nitro benzene ring substituents is 1. The van der Waals surface area contributed by atoms with Gasteiger partial charge in [0, 0.05) is 19.1 Å². The van der Waals surface area contributed by atoms with Crippen LogP contribution in [0.2, 0.25) is 10.0 Å². The Labute approximate surface area is 179 Å².